The van der Waals surface area contributed by atoms with Gasteiger partial charge in [-0.15, -0.1) is 0 Å². The predicted molar refractivity (Wildman–Crippen MR) is 59.0 cm³/mol. The van der Waals surface area contributed by atoms with Crippen LogP contribution in [0.2, 0.25) is 0 Å². The highest BCUT2D eigenvalue weighted by Gasteiger charge is 2.30. The lowest BCUT2D eigenvalue weighted by Crippen LogP contribution is -2.43. The maximum Gasteiger partial charge on any atom is 0.225 e. The first kappa shape index (κ1) is 11.5. The molecule has 1 rings (SSSR count). The first-order valence-electron chi connectivity index (χ1n) is 5.76. The molecule has 1 fully saturated rings. The van der Waals surface area contributed by atoms with E-state index >= 15 is 0 Å². The van der Waals surface area contributed by atoms with Crippen LogP contribution < -0.4 is 5.32 Å². The maximum absolute atomic E-state index is 11.8. The van der Waals surface area contributed by atoms with Crippen molar-refractivity contribution in [2.45, 2.75) is 59.4 Å². The molecule has 0 saturated heterocycles. The van der Waals surface area contributed by atoms with Crippen LogP contribution in [0.25, 0.3) is 0 Å². The standard InChI is InChI=1S/C12H23NO/c1-5-9-7-6-8-10(9)13-11(14)12(2,3)4/h9-10H,5-8H2,1-4H3,(H,13,14). The number of carbonyl (C=O) groups excluding carboxylic acids is 1. The molecule has 1 N–H and O–H groups in total. The summed E-state index contributed by atoms with van der Waals surface area (Å²) in [4.78, 5) is 11.8. The topological polar surface area (TPSA) is 29.1 Å². The second-order valence-corrected chi connectivity index (χ2v) is 5.43. The predicted octanol–water partition coefficient (Wildman–Crippen LogP) is 2.73. The van der Waals surface area contributed by atoms with Crippen molar-refractivity contribution < 1.29 is 4.79 Å². The highest BCUT2D eigenvalue weighted by atomic mass is 16.2. The van der Waals surface area contributed by atoms with Gasteiger partial charge in [0.25, 0.3) is 0 Å². The summed E-state index contributed by atoms with van der Waals surface area (Å²) in [5.74, 6) is 0.907. The van der Waals surface area contributed by atoms with Gasteiger partial charge in [0, 0.05) is 11.5 Å². The van der Waals surface area contributed by atoms with Gasteiger partial charge in [-0.2, -0.15) is 0 Å². The summed E-state index contributed by atoms with van der Waals surface area (Å²) in [6.45, 7) is 8.13. The van der Waals surface area contributed by atoms with Crippen LogP contribution >= 0.6 is 0 Å². The second kappa shape index (κ2) is 4.33. The number of nitrogens with one attached hydrogen (secondary N) is 1. The quantitative estimate of drug-likeness (QED) is 0.724. The highest BCUT2D eigenvalue weighted by Crippen LogP contribution is 2.28. The van der Waals surface area contributed by atoms with Crippen LogP contribution in [0, 0.1) is 11.3 Å². The minimum absolute atomic E-state index is 0.197. The van der Waals surface area contributed by atoms with Crippen LogP contribution in [0.5, 0.6) is 0 Å². The van der Waals surface area contributed by atoms with E-state index in [2.05, 4.69) is 12.2 Å². The van der Waals surface area contributed by atoms with Gasteiger partial charge in [-0.3, -0.25) is 4.79 Å². The lowest BCUT2D eigenvalue weighted by atomic mass is 9.93. The zero-order chi connectivity index (χ0) is 10.8. The maximum atomic E-state index is 11.8. The molecule has 0 heterocycles. The molecule has 0 aromatic heterocycles. The smallest absolute Gasteiger partial charge is 0.225 e. The molecule has 2 atom stereocenters. The Morgan fingerprint density at radius 3 is 2.50 bits per heavy atom. The number of hydrogen-bond acceptors (Lipinski definition) is 1. The summed E-state index contributed by atoms with van der Waals surface area (Å²) in [7, 11) is 0. The van der Waals surface area contributed by atoms with Crippen molar-refractivity contribution in [3.63, 3.8) is 0 Å². The third-order valence-corrected chi connectivity index (χ3v) is 3.18. The van der Waals surface area contributed by atoms with E-state index < -0.39 is 0 Å². The van der Waals surface area contributed by atoms with Crippen molar-refractivity contribution in [2.75, 3.05) is 0 Å². The van der Waals surface area contributed by atoms with Crippen LogP contribution in [-0.2, 0) is 4.79 Å². The van der Waals surface area contributed by atoms with Crippen molar-refractivity contribution in [3.8, 4) is 0 Å². The molecule has 0 spiro atoms. The monoisotopic (exact) mass is 197 g/mol. The van der Waals surface area contributed by atoms with E-state index in [4.69, 9.17) is 0 Å². The Hall–Kier alpha value is -0.530. The molecule has 0 aliphatic heterocycles. The molecule has 1 saturated carbocycles. The van der Waals surface area contributed by atoms with E-state index in [9.17, 15) is 4.79 Å². The minimum Gasteiger partial charge on any atom is -0.353 e. The molecule has 1 aliphatic carbocycles. The van der Waals surface area contributed by atoms with Crippen molar-refractivity contribution >= 4 is 5.91 Å². The summed E-state index contributed by atoms with van der Waals surface area (Å²) in [6, 6.07) is 0.437. The molecule has 2 nitrogen and oxygen atoms in total. The van der Waals surface area contributed by atoms with E-state index in [0.717, 1.165) is 0 Å². The average molecular weight is 197 g/mol. The summed E-state index contributed by atoms with van der Waals surface area (Å²) in [5.41, 5.74) is -0.249. The zero-order valence-electron chi connectivity index (χ0n) is 9.89. The van der Waals surface area contributed by atoms with Gasteiger partial charge in [0.05, 0.1) is 0 Å². The third kappa shape index (κ3) is 2.73. The van der Waals surface area contributed by atoms with E-state index in [1.807, 2.05) is 20.8 Å². The van der Waals surface area contributed by atoms with Crippen LogP contribution in [-0.4, -0.2) is 11.9 Å². The summed E-state index contributed by atoms with van der Waals surface area (Å²) in [6.07, 6.45) is 4.91. The Balaban J connectivity index is 2.48. The van der Waals surface area contributed by atoms with E-state index in [0.29, 0.717) is 12.0 Å². The highest BCUT2D eigenvalue weighted by molar-refractivity contribution is 5.81. The molecule has 0 bridgehead atoms. The van der Waals surface area contributed by atoms with Gasteiger partial charge >= 0.3 is 0 Å². The molecule has 0 radical (unpaired) electrons. The molecule has 0 aromatic carbocycles. The van der Waals surface area contributed by atoms with Crippen molar-refractivity contribution in [1.29, 1.82) is 0 Å². The first-order valence-corrected chi connectivity index (χ1v) is 5.76. The fraction of sp³-hybridized carbons (Fsp3) is 0.917. The third-order valence-electron chi connectivity index (χ3n) is 3.18. The Morgan fingerprint density at radius 2 is 2.00 bits per heavy atom. The van der Waals surface area contributed by atoms with Gasteiger partial charge in [-0.1, -0.05) is 40.5 Å². The molecule has 2 unspecified atom stereocenters. The first-order chi connectivity index (χ1) is 6.45. The van der Waals surface area contributed by atoms with Gasteiger partial charge in [0.15, 0.2) is 0 Å². The largest absolute Gasteiger partial charge is 0.353 e. The number of carbonyl (C=O) groups is 1. The zero-order valence-corrected chi connectivity index (χ0v) is 9.89. The van der Waals surface area contributed by atoms with Crippen LogP contribution in [0.3, 0.4) is 0 Å². The van der Waals surface area contributed by atoms with Gasteiger partial charge in [0.1, 0.15) is 0 Å². The van der Waals surface area contributed by atoms with Crippen LogP contribution in [0.1, 0.15) is 53.4 Å². The van der Waals surface area contributed by atoms with Gasteiger partial charge in [-0.05, 0) is 18.8 Å². The average Bonchev–Trinajstić information content (AvgIpc) is 2.50. The Morgan fingerprint density at radius 1 is 1.36 bits per heavy atom. The van der Waals surface area contributed by atoms with Crippen LogP contribution in [0.15, 0.2) is 0 Å². The number of hydrogen-bond donors (Lipinski definition) is 1. The van der Waals surface area contributed by atoms with E-state index in [-0.39, 0.29) is 11.3 Å². The lowest BCUT2D eigenvalue weighted by molar-refractivity contribution is -0.129. The molecular weight excluding hydrogens is 174 g/mol. The normalized spacial score (nSPS) is 27.7. The van der Waals surface area contributed by atoms with Crippen LogP contribution in [0.4, 0.5) is 0 Å². The van der Waals surface area contributed by atoms with Gasteiger partial charge in [0.2, 0.25) is 5.91 Å². The second-order valence-electron chi connectivity index (χ2n) is 5.43. The van der Waals surface area contributed by atoms with E-state index in [1.54, 1.807) is 0 Å². The molecule has 14 heavy (non-hydrogen) atoms. The minimum atomic E-state index is -0.249. The fourth-order valence-corrected chi connectivity index (χ4v) is 2.10. The van der Waals surface area contributed by atoms with Gasteiger partial charge < -0.3 is 5.32 Å². The van der Waals surface area contributed by atoms with E-state index in [1.165, 1.54) is 25.7 Å². The summed E-state index contributed by atoms with van der Waals surface area (Å²) in [5, 5.41) is 3.18. The SMILES string of the molecule is CCC1CCCC1NC(=O)C(C)(C)C. The number of amides is 1. The number of rotatable bonds is 2. The Bertz CT molecular complexity index is 205. The Kier molecular flexibility index (Phi) is 3.57. The molecule has 2 heteroatoms. The van der Waals surface area contributed by atoms with Crippen molar-refractivity contribution in [1.82, 2.24) is 5.32 Å². The molecular formula is C12H23NO. The fourth-order valence-electron chi connectivity index (χ4n) is 2.10. The lowest BCUT2D eigenvalue weighted by Gasteiger charge is -2.25. The van der Waals surface area contributed by atoms with Gasteiger partial charge in [-0.25, -0.2) is 0 Å². The Labute approximate surface area is 87.5 Å². The molecule has 1 aliphatic rings. The summed E-state index contributed by atoms with van der Waals surface area (Å²) >= 11 is 0. The van der Waals surface area contributed by atoms with Crippen molar-refractivity contribution in [3.05, 3.63) is 0 Å². The van der Waals surface area contributed by atoms with Crippen molar-refractivity contribution in [2.24, 2.45) is 11.3 Å². The molecule has 82 valence electrons. The summed E-state index contributed by atoms with van der Waals surface area (Å²) < 4.78 is 0. The molecule has 0 aromatic rings. The molecule has 1 amide bonds.